The average molecular weight is 408 g/mol. The summed E-state index contributed by atoms with van der Waals surface area (Å²) in [6, 6.07) is 8.35. The van der Waals surface area contributed by atoms with Gasteiger partial charge < -0.3 is 10.1 Å². The van der Waals surface area contributed by atoms with E-state index in [0.717, 1.165) is 10.5 Å². The number of sulfonamides is 1. The normalized spacial score (nSPS) is 11.2. The summed E-state index contributed by atoms with van der Waals surface area (Å²) in [6.07, 6.45) is 1.65. The number of nitrogens with one attached hydrogen (secondary N) is 1. The summed E-state index contributed by atoms with van der Waals surface area (Å²) >= 11 is 0. The van der Waals surface area contributed by atoms with Crippen LogP contribution in [0.4, 0.5) is 11.5 Å². The Bertz CT molecular complexity index is 927. The minimum absolute atomic E-state index is 0.0915. The molecule has 0 aliphatic heterocycles. The molecular weight excluding hydrogens is 388 g/mol. The molecule has 10 nitrogen and oxygen atoms in total. The van der Waals surface area contributed by atoms with Gasteiger partial charge in [0.05, 0.1) is 22.0 Å². The summed E-state index contributed by atoms with van der Waals surface area (Å²) in [4.78, 5) is 26.0. The molecule has 0 aliphatic carbocycles. The number of pyridine rings is 1. The molecule has 0 saturated carbocycles. The van der Waals surface area contributed by atoms with Gasteiger partial charge >= 0.3 is 5.97 Å². The van der Waals surface area contributed by atoms with E-state index in [1.54, 1.807) is 0 Å². The number of aromatic nitrogens is 1. The summed E-state index contributed by atoms with van der Waals surface area (Å²) in [7, 11) is -0.691. The van der Waals surface area contributed by atoms with Crippen LogP contribution in [-0.4, -0.2) is 55.8 Å². The third kappa shape index (κ3) is 5.47. The molecule has 0 amide bonds. The van der Waals surface area contributed by atoms with Crippen LogP contribution in [0, 0.1) is 10.1 Å². The largest absolute Gasteiger partial charge is 0.462 e. The van der Waals surface area contributed by atoms with Crippen molar-refractivity contribution in [3.05, 3.63) is 58.3 Å². The second-order valence-electron chi connectivity index (χ2n) is 5.89. The number of hydrogen-bond donors (Lipinski definition) is 1. The number of carbonyl (C=O) groups excluding carboxylic acids is 1. The first-order valence-corrected chi connectivity index (χ1v) is 9.70. The highest BCUT2D eigenvalue weighted by Crippen LogP contribution is 2.15. The van der Waals surface area contributed by atoms with Crippen molar-refractivity contribution in [2.45, 2.75) is 11.3 Å². The second-order valence-corrected chi connectivity index (χ2v) is 8.04. The first-order valence-electron chi connectivity index (χ1n) is 8.26. The fourth-order valence-electron chi connectivity index (χ4n) is 2.11. The van der Waals surface area contributed by atoms with Gasteiger partial charge in [-0.05, 0) is 36.8 Å². The van der Waals surface area contributed by atoms with Crippen LogP contribution in [0.3, 0.4) is 0 Å². The summed E-state index contributed by atoms with van der Waals surface area (Å²) in [5, 5.41) is 13.5. The number of rotatable bonds is 9. The van der Waals surface area contributed by atoms with Crippen LogP contribution in [-0.2, 0) is 14.8 Å². The van der Waals surface area contributed by atoms with Crippen LogP contribution in [0.25, 0.3) is 0 Å². The van der Waals surface area contributed by atoms with Crippen LogP contribution in [0.5, 0.6) is 0 Å². The number of anilines is 1. The molecule has 11 heteroatoms. The van der Waals surface area contributed by atoms with Crippen molar-refractivity contribution in [1.82, 2.24) is 9.29 Å². The molecule has 1 aromatic heterocycles. The SMILES string of the molecule is CN(C)S(=O)(=O)c1ccc(C(=O)OCCCNc2ccc([N+](=O)[O-])cn2)cc1. The Morgan fingerprint density at radius 2 is 1.89 bits per heavy atom. The molecular formula is C17H20N4O6S. The number of benzene rings is 1. The first kappa shape index (κ1) is 21.3. The van der Waals surface area contributed by atoms with Gasteiger partial charge in [0.1, 0.15) is 12.0 Å². The number of nitro groups is 1. The second kappa shape index (κ2) is 9.24. The van der Waals surface area contributed by atoms with Crippen molar-refractivity contribution in [3.63, 3.8) is 0 Å². The van der Waals surface area contributed by atoms with E-state index in [9.17, 15) is 23.3 Å². The highest BCUT2D eigenvalue weighted by Gasteiger charge is 2.17. The van der Waals surface area contributed by atoms with Crippen molar-refractivity contribution < 1.29 is 22.9 Å². The molecule has 0 fully saturated rings. The van der Waals surface area contributed by atoms with Crippen molar-refractivity contribution >= 4 is 27.5 Å². The van der Waals surface area contributed by atoms with Gasteiger partial charge in [-0.25, -0.2) is 22.5 Å². The number of nitrogens with zero attached hydrogens (tertiary/aromatic N) is 3. The zero-order valence-corrected chi connectivity index (χ0v) is 16.2. The van der Waals surface area contributed by atoms with Gasteiger partial charge in [-0.15, -0.1) is 0 Å². The van der Waals surface area contributed by atoms with Gasteiger partial charge in [0.15, 0.2) is 0 Å². The van der Waals surface area contributed by atoms with Crippen molar-refractivity contribution in [3.8, 4) is 0 Å². The van der Waals surface area contributed by atoms with E-state index in [1.807, 2.05) is 0 Å². The maximum Gasteiger partial charge on any atom is 0.338 e. The maximum atomic E-state index is 12.0. The predicted molar refractivity (Wildman–Crippen MR) is 102 cm³/mol. The van der Waals surface area contributed by atoms with Crippen LogP contribution in [0.1, 0.15) is 16.8 Å². The highest BCUT2D eigenvalue weighted by molar-refractivity contribution is 7.89. The van der Waals surface area contributed by atoms with Crippen LogP contribution < -0.4 is 5.32 Å². The van der Waals surface area contributed by atoms with Gasteiger partial charge in [-0.2, -0.15) is 0 Å². The lowest BCUT2D eigenvalue weighted by atomic mass is 10.2. The van der Waals surface area contributed by atoms with Gasteiger partial charge in [-0.1, -0.05) is 0 Å². The van der Waals surface area contributed by atoms with Crippen LogP contribution in [0.2, 0.25) is 0 Å². The lowest BCUT2D eigenvalue weighted by Gasteiger charge is -2.11. The van der Waals surface area contributed by atoms with E-state index in [-0.39, 0.29) is 22.8 Å². The molecule has 28 heavy (non-hydrogen) atoms. The molecule has 1 N–H and O–H groups in total. The average Bonchev–Trinajstić information content (AvgIpc) is 2.68. The van der Waals surface area contributed by atoms with E-state index in [4.69, 9.17) is 4.74 Å². The standard InChI is InChI=1S/C17H20N4O6S/c1-20(2)28(25,26)15-7-4-13(5-8-15)17(22)27-11-3-10-18-16-9-6-14(12-19-16)21(23)24/h4-9,12H,3,10-11H2,1-2H3,(H,18,19). The molecule has 2 aromatic rings. The van der Waals surface area contributed by atoms with E-state index >= 15 is 0 Å². The topological polar surface area (TPSA) is 132 Å². The van der Waals surface area contributed by atoms with Crippen LogP contribution >= 0.6 is 0 Å². The fourth-order valence-corrected chi connectivity index (χ4v) is 3.01. The zero-order chi connectivity index (χ0) is 20.7. The van der Waals surface area contributed by atoms with E-state index in [2.05, 4.69) is 10.3 Å². The first-order chi connectivity index (χ1) is 13.2. The predicted octanol–water partition coefficient (Wildman–Crippen LogP) is 1.90. The molecule has 0 aliphatic rings. The molecule has 0 radical (unpaired) electrons. The Morgan fingerprint density at radius 3 is 2.43 bits per heavy atom. The molecule has 0 spiro atoms. The summed E-state index contributed by atoms with van der Waals surface area (Å²) in [6.45, 7) is 0.606. The zero-order valence-electron chi connectivity index (χ0n) is 15.4. The summed E-state index contributed by atoms with van der Waals surface area (Å²) < 4.78 is 30.2. The molecule has 0 bridgehead atoms. The van der Waals surface area contributed by atoms with E-state index in [1.165, 1.54) is 50.5 Å². The van der Waals surface area contributed by atoms with Crippen molar-refractivity contribution in [2.75, 3.05) is 32.6 Å². The Balaban J connectivity index is 1.77. The Kier molecular flexibility index (Phi) is 7.01. The van der Waals surface area contributed by atoms with Crippen molar-refractivity contribution in [2.24, 2.45) is 0 Å². The lowest BCUT2D eigenvalue weighted by Crippen LogP contribution is -2.22. The Morgan fingerprint density at radius 1 is 1.21 bits per heavy atom. The Labute approximate surface area is 162 Å². The maximum absolute atomic E-state index is 12.0. The minimum atomic E-state index is -3.55. The molecule has 0 atom stereocenters. The summed E-state index contributed by atoms with van der Waals surface area (Å²) in [5.74, 6) is -0.0723. The third-order valence-corrected chi connectivity index (χ3v) is 5.52. The highest BCUT2D eigenvalue weighted by atomic mass is 32.2. The number of hydrogen-bond acceptors (Lipinski definition) is 8. The van der Waals surface area contributed by atoms with Crippen molar-refractivity contribution in [1.29, 1.82) is 0 Å². The molecule has 150 valence electrons. The van der Waals surface area contributed by atoms with Gasteiger partial charge in [-0.3, -0.25) is 10.1 Å². The molecule has 1 heterocycles. The molecule has 0 unspecified atom stereocenters. The number of esters is 1. The lowest BCUT2D eigenvalue weighted by molar-refractivity contribution is -0.385. The quantitative estimate of drug-likeness (QED) is 0.288. The number of ether oxygens (including phenoxy) is 1. The molecule has 0 saturated heterocycles. The fraction of sp³-hybridized carbons (Fsp3) is 0.294. The van der Waals surface area contributed by atoms with Gasteiger partial charge in [0.25, 0.3) is 5.69 Å². The minimum Gasteiger partial charge on any atom is -0.462 e. The van der Waals surface area contributed by atoms with Gasteiger partial charge in [0.2, 0.25) is 10.0 Å². The Hall–Kier alpha value is -3.05. The molecule has 2 rings (SSSR count). The van der Waals surface area contributed by atoms with E-state index in [0.29, 0.717) is 18.8 Å². The van der Waals surface area contributed by atoms with E-state index < -0.39 is 20.9 Å². The number of carbonyl (C=O) groups is 1. The van der Waals surface area contributed by atoms with Gasteiger partial charge in [0, 0.05) is 26.7 Å². The summed E-state index contributed by atoms with van der Waals surface area (Å²) in [5.41, 5.74) is 0.159. The molecule has 1 aromatic carbocycles. The smallest absolute Gasteiger partial charge is 0.338 e. The van der Waals surface area contributed by atoms with Crippen LogP contribution in [0.15, 0.2) is 47.5 Å². The monoisotopic (exact) mass is 408 g/mol. The third-order valence-electron chi connectivity index (χ3n) is 3.69.